The smallest absolute Gasteiger partial charge is 0.418 e. The van der Waals surface area contributed by atoms with E-state index in [-0.39, 0.29) is 28.4 Å². The molecule has 7 heteroatoms. The van der Waals surface area contributed by atoms with Crippen LogP contribution in [0, 0.1) is 0 Å². The van der Waals surface area contributed by atoms with E-state index in [4.69, 9.17) is 4.74 Å². The SMILES string of the molecule is Cn1c(=O)/c(=C/c2cn(C(=O)OCc3ccccc3)c3ccccc23)n(C)c(=O)/c1=C/c1ccccc1. The molecule has 5 aromatic rings. The summed E-state index contributed by atoms with van der Waals surface area (Å²) in [6.45, 7) is 0.139. The van der Waals surface area contributed by atoms with Crippen molar-refractivity contribution in [2.75, 3.05) is 0 Å². The van der Waals surface area contributed by atoms with Gasteiger partial charge < -0.3 is 13.9 Å². The van der Waals surface area contributed by atoms with Crippen LogP contribution in [0.2, 0.25) is 0 Å². The predicted molar refractivity (Wildman–Crippen MR) is 144 cm³/mol. The van der Waals surface area contributed by atoms with Gasteiger partial charge in [0.15, 0.2) is 0 Å². The average Bonchev–Trinajstić information content (AvgIpc) is 3.31. The molecule has 0 atom stereocenters. The number of fused-ring (bicyclic) bond motifs is 1. The van der Waals surface area contributed by atoms with Crippen LogP contribution in [-0.4, -0.2) is 19.8 Å². The van der Waals surface area contributed by atoms with Crippen LogP contribution in [0.5, 0.6) is 0 Å². The highest BCUT2D eigenvalue weighted by Gasteiger charge is 2.15. The van der Waals surface area contributed by atoms with E-state index in [0.717, 1.165) is 16.5 Å². The Labute approximate surface area is 212 Å². The fraction of sp³-hybridized carbons (Fsp3) is 0.100. The highest BCUT2D eigenvalue weighted by Crippen LogP contribution is 2.22. The number of rotatable bonds is 4. The maximum atomic E-state index is 13.3. The van der Waals surface area contributed by atoms with Gasteiger partial charge in [-0.25, -0.2) is 4.79 Å². The van der Waals surface area contributed by atoms with Crippen molar-refractivity contribution in [1.82, 2.24) is 13.7 Å². The minimum Gasteiger partial charge on any atom is -0.444 e. The Morgan fingerprint density at radius 1 is 0.757 bits per heavy atom. The zero-order chi connectivity index (χ0) is 25.9. The first-order chi connectivity index (χ1) is 17.9. The summed E-state index contributed by atoms with van der Waals surface area (Å²) in [5, 5.41) is 1.25. The molecule has 7 nitrogen and oxygen atoms in total. The topological polar surface area (TPSA) is 75.2 Å². The van der Waals surface area contributed by atoms with Crippen molar-refractivity contribution in [2.24, 2.45) is 14.1 Å². The van der Waals surface area contributed by atoms with Gasteiger partial charge in [-0.15, -0.1) is 0 Å². The third-order valence-corrected chi connectivity index (χ3v) is 6.31. The second kappa shape index (κ2) is 9.99. The van der Waals surface area contributed by atoms with Crippen molar-refractivity contribution in [2.45, 2.75) is 6.61 Å². The standard InChI is InChI=1S/C30H25N3O4/c1-31-26(17-21-11-5-3-6-12-21)28(34)32(2)27(29(31)35)18-23-19-33(25-16-10-9-15-24(23)25)30(36)37-20-22-13-7-4-8-14-22/h3-19H,20H2,1-2H3/b26-17-,27-18-. The van der Waals surface area contributed by atoms with E-state index < -0.39 is 6.09 Å². The van der Waals surface area contributed by atoms with Crippen LogP contribution in [0.3, 0.4) is 0 Å². The second-order valence-corrected chi connectivity index (χ2v) is 8.71. The molecule has 0 saturated carbocycles. The average molecular weight is 492 g/mol. The molecule has 0 spiro atoms. The Kier molecular flexibility index (Phi) is 6.43. The maximum absolute atomic E-state index is 13.3. The van der Waals surface area contributed by atoms with E-state index in [1.165, 1.54) is 13.7 Å². The fourth-order valence-electron chi connectivity index (χ4n) is 4.28. The number of hydrogen-bond acceptors (Lipinski definition) is 4. The first kappa shape index (κ1) is 23.8. The normalized spacial score (nSPS) is 12.3. The first-order valence-electron chi connectivity index (χ1n) is 11.8. The van der Waals surface area contributed by atoms with Crippen molar-refractivity contribution in [3.63, 3.8) is 0 Å². The third-order valence-electron chi connectivity index (χ3n) is 6.31. The molecule has 2 aromatic heterocycles. The summed E-state index contributed by atoms with van der Waals surface area (Å²) in [4.78, 5) is 39.5. The first-order valence-corrected chi connectivity index (χ1v) is 11.8. The zero-order valence-corrected chi connectivity index (χ0v) is 20.5. The predicted octanol–water partition coefficient (Wildman–Crippen LogP) is 2.88. The lowest BCUT2D eigenvalue weighted by molar-refractivity contribution is 0.142. The Bertz CT molecular complexity index is 1850. The molecule has 0 radical (unpaired) electrons. The van der Waals surface area contributed by atoms with Gasteiger partial charge in [-0.2, -0.15) is 0 Å². The number of hydrogen-bond donors (Lipinski definition) is 0. The van der Waals surface area contributed by atoms with Gasteiger partial charge in [0.2, 0.25) is 0 Å². The molecular formula is C30H25N3O4. The molecule has 0 aliphatic heterocycles. The molecule has 0 amide bonds. The lowest BCUT2D eigenvalue weighted by atomic mass is 10.1. The lowest BCUT2D eigenvalue weighted by Gasteiger charge is -2.06. The van der Waals surface area contributed by atoms with Crippen molar-refractivity contribution >= 4 is 29.1 Å². The number of carbonyl (C=O) groups excluding carboxylic acids is 1. The van der Waals surface area contributed by atoms with Crippen molar-refractivity contribution < 1.29 is 9.53 Å². The number of benzene rings is 3. The van der Waals surface area contributed by atoms with Gasteiger partial charge in [-0.1, -0.05) is 78.9 Å². The van der Waals surface area contributed by atoms with Gasteiger partial charge >= 0.3 is 6.09 Å². The van der Waals surface area contributed by atoms with E-state index in [9.17, 15) is 14.4 Å². The highest BCUT2D eigenvalue weighted by molar-refractivity contribution is 5.95. The summed E-state index contributed by atoms with van der Waals surface area (Å²) in [7, 11) is 3.16. The maximum Gasteiger partial charge on any atom is 0.418 e. The molecule has 3 aromatic carbocycles. The molecule has 0 aliphatic rings. The van der Waals surface area contributed by atoms with Crippen molar-refractivity contribution in [1.29, 1.82) is 0 Å². The van der Waals surface area contributed by atoms with Crippen molar-refractivity contribution in [3.8, 4) is 0 Å². The van der Waals surface area contributed by atoms with Crippen LogP contribution in [-0.2, 0) is 25.4 Å². The largest absolute Gasteiger partial charge is 0.444 e. The third kappa shape index (κ3) is 4.67. The van der Waals surface area contributed by atoms with Crippen molar-refractivity contribution in [3.05, 3.63) is 139 Å². The van der Waals surface area contributed by atoms with E-state index in [1.54, 1.807) is 32.4 Å². The molecule has 0 aliphatic carbocycles. The second-order valence-electron chi connectivity index (χ2n) is 8.71. The quantitative estimate of drug-likeness (QED) is 0.388. The van der Waals surface area contributed by atoms with Crippen LogP contribution in [0.25, 0.3) is 23.1 Å². The fourth-order valence-corrected chi connectivity index (χ4v) is 4.28. The van der Waals surface area contributed by atoms with Gasteiger partial charge in [-0.05, 0) is 29.3 Å². The Hall–Kier alpha value is -4.91. The Morgan fingerprint density at radius 2 is 1.32 bits per heavy atom. The highest BCUT2D eigenvalue weighted by atomic mass is 16.5. The van der Waals surface area contributed by atoms with Crippen LogP contribution in [0.15, 0.2) is 101 Å². The number of aromatic nitrogens is 3. The minimum absolute atomic E-state index is 0.139. The monoisotopic (exact) mass is 491 g/mol. The van der Waals surface area contributed by atoms with Gasteiger partial charge in [0.1, 0.15) is 17.3 Å². The van der Waals surface area contributed by atoms with E-state index >= 15 is 0 Å². The van der Waals surface area contributed by atoms with E-state index in [2.05, 4.69) is 0 Å². The van der Waals surface area contributed by atoms with Crippen LogP contribution in [0.4, 0.5) is 4.79 Å². The zero-order valence-electron chi connectivity index (χ0n) is 20.5. The minimum atomic E-state index is -0.533. The summed E-state index contributed by atoms with van der Waals surface area (Å²) in [6.07, 6.45) is 4.43. The molecule has 2 heterocycles. The summed E-state index contributed by atoms with van der Waals surface area (Å²) in [5.74, 6) is 0. The summed E-state index contributed by atoms with van der Waals surface area (Å²) in [6, 6.07) is 26.2. The Balaban J connectivity index is 1.61. The number of nitrogens with zero attached hydrogens (tertiary/aromatic N) is 3. The van der Waals surface area contributed by atoms with E-state index in [1.807, 2.05) is 84.9 Å². The summed E-state index contributed by atoms with van der Waals surface area (Å²) >= 11 is 0. The van der Waals surface area contributed by atoms with E-state index in [0.29, 0.717) is 11.1 Å². The summed E-state index contributed by atoms with van der Waals surface area (Å²) in [5.41, 5.74) is 2.34. The molecule has 5 rings (SSSR count). The van der Waals surface area contributed by atoms with Crippen LogP contribution >= 0.6 is 0 Å². The summed E-state index contributed by atoms with van der Waals surface area (Å²) < 4.78 is 9.65. The molecule has 37 heavy (non-hydrogen) atoms. The molecule has 0 N–H and O–H groups in total. The molecular weight excluding hydrogens is 466 g/mol. The van der Waals surface area contributed by atoms with Crippen LogP contribution < -0.4 is 21.8 Å². The molecule has 184 valence electrons. The van der Waals surface area contributed by atoms with Crippen LogP contribution in [0.1, 0.15) is 16.7 Å². The molecule has 0 unspecified atom stereocenters. The molecule has 0 bridgehead atoms. The number of para-hydroxylation sites is 1. The molecule has 0 fully saturated rings. The molecule has 0 saturated heterocycles. The number of carbonyl (C=O) groups is 1. The van der Waals surface area contributed by atoms with Gasteiger partial charge in [0.05, 0.1) is 5.52 Å². The van der Waals surface area contributed by atoms with Gasteiger partial charge in [0, 0.05) is 31.2 Å². The Morgan fingerprint density at radius 3 is 2.00 bits per heavy atom. The number of ether oxygens (including phenoxy) is 1. The van der Waals surface area contributed by atoms with Gasteiger partial charge in [0.25, 0.3) is 11.1 Å². The van der Waals surface area contributed by atoms with Gasteiger partial charge in [-0.3, -0.25) is 14.2 Å². The lowest BCUT2D eigenvalue weighted by Crippen LogP contribution is -2.56.